The van der Waals surface area contributed by atoms with E-state index < -0.39 is 0 Å². The summed E-state index contributed by atoms with van der Waals surface area (Å²) < 4.78 is 0. The molecule has 0 aromatic carbocycles. The van der Waals surface area contributed by atoms with E-state index in [4.69, 9.17) is 5.73 Å². The molecule has 0 fully saturated rings. The fourth-order valence-electron chi connectivity index (χ4n) is 1.54. The van der Waals surface area contributed by atoms with Gasteiger partial charge in [-0.05, 0) is 13.3 Å². The van der Waals surface area contributed by atoms with Gasteiger partial charge in [-0.3, -0.25) is 0 Å². The number of unbranched alkanes of at least 4 members (excludes halogenated alkanes) is 2. The molecule has 5 nitrogen and oxygen atoms in total. The maximum absolute atomic E-state index is 5.44. The summed E-state index contributed by atoms with van der Waals surface area (Å²) in [5.74, 6) is 2.49. The lowest BCUT2D eigenvalue weighted by molar-refractivity contribution is 0.742. The van der Waals surface area contributed by atoms with Gasteiger partial charge >= 0.3 is 0 Å². The molecule has 1 aromatic heterocycles. The molecule has 96 valence electrons. The molecule has 0 radical (unpaired) electrons. The second kappa shape index (κ2) is 7.84. The summed E-state index contributed by atoms with van der Waals surface area (Å²) in [6.07, 6.45) is 3.65. The van der Waals surface area contributed by atoms with E-state index in [-0.39, 0.29) is 0 Å². The van der Waals surface area contributed by atoms with Crippen LogP contribution in [0.1, 0.15) is 32.0 Å². The van der Waals surface area contributed by atoms with Gasteiger partial charge in [0.15, 0.2) is 0 Å². The van der Waals surface area contributed by atoms with E-state index in [1.165, 1.54) is 19.3 Å². The second-order valence-electron chi connectivity index (χ2n) is 4.03. The fraction of sp³-hybridized carbons (Fsp3) is 0.667. The van der Waals surface area contributed by atoms with Crippen molar-refractivity contribution in [1.29, 1.82) is 0 Å². The predicted octanol–water partition coefficient (Wildman–Crippen LogP) is 1.76. The first-order valence-corrected chi connectivity index (χ1v) is 6.29. The molecular formula is C12H23N5. The second-order valence-corrected chi connectivity index (χ2v) is 4.03. The van der Waals surface area contributed by atoms with Gasteiger partial charge < -0.3 is 16.4 Å². The predicted molar refractivity (Wildman–Crippen MR) is 72.3 cm³/mol. The van der Waals surface area contributed by atoms with Gasteiger partial charge in [-0.25, -0.2) is 9.97 Å². The summed E-state index contributed by atoms with van der Waals surface area (Å²) in [5.41, 5.74) is 5.44. The molecule has 1 heterocycles. The van der Waals surface area contributed by atoms with Gasteiger partial charge in [0.1, 0.15) is 17.5 Å². The SMILES string of the molecule is CCCCCNc1cc(NCCN)nc(C)n1. The van der Waals surface area contributed by atoms with Gasteiger partial charge in [0.2, 0.25) is 0 Å². The Labute approximate surface area is 103 Å². The summed E-state index contributed by atoms with van der Waals surface area (Å²) in [7, 11) is 0. The van der Waals surface area contributed by atoms with Crippen LogP contribution in [0.15, 0.2) is 6.07 Å². The summed E-state index contributed by atoms with van der Waals surface area (Å²) in [6.45, 7) is 6.38. The average molecular weight is 237 g/mol. The van der Waals surface area contributed by atoms with E-state index in [2.05, 4.69) is 27.5 Å². The number of hydrogen-bond acceptors (Lipinski definition) is 5. The van der Waals surface area contributed by atoms with Crippen LogP contribution in [0.3, 0.4) is 0 Å². The maximum atomic E-state index is 5.44. The molecule has 0 saturated heterocycles. The minimum Gasteiger partial charge on any atom is -0.370 e. The van der Waals surface area contributed by atoms with Crippen molar-refractivity contribution in [3.05, 3.63) is 11.9 Å². The smallest absolute Gasteiger partial charge is 0.131 e. The molecule has 1 aromatic rings. The summed E-state index contributed by atoms with van der Waals surface area (Å²) in [6, 6.07) is 1.93. The largest absolute Gasteiger partial charge is 0.370 e. The molecule has 17 heavy (non-hydrogen) atoms. The Balaban J connectivity index is 2.50. The van der Waals surface area contributed by atoms with Crippen LogP contribution in [-0.4, -0.2) is 29.6 Å². The van der Waals surface area contributed by atoms with Crippen LogP contribution in [0.5, 0.6) is 0 Å². The monoisotopic (exact) mass is 237 g/mol. The number of nitrogens with zero attached hydrogens (tertiary/aromatic N) is 2. The third-order valence-electron chi connectivity index (χ3n) is 2.37. The van der Waals surface area contributed by atoms with Gasteiger partial charge in [0.25, 0.3) is 0 Å². The molecule has 0 aliphatic heterocycles. The third kappa shape index (κ3) is 5.49. The van der Waals surface area contributed by atoms with Crippen molar-refractivity contribution < 1.29 is 0 Å². The zero-order chi connectivity index (χ0) is 12.5. The van der Waals surface area contributed by atoms with Crippen molar-refractivity contribution in [1.82, 2.24) is 9.97 Å². The first-order chi connectivity index (χ1) is 8.26. The quantitative estimate of drug-likeness (QED) is 0.601. The molecule has 0 atom stereocenters. The van der Waals surface area contributed by atoms with E-state index >= 15 is 0 Å². The van der Waals surface area contributed by atoms with Crippen molar-refractivity contribution in [2.24, 2.45) is 5.73 Å². The van der Waals surface area contributed by atoms with Crippen molar-refractivity contribution >= 4 is 11.6 Å². The van der Waals surface area contributed by atoms with E-state index in [0.717, 1.165) is 30.5 Å². The summed E-state index contributed by atoms with van der Waals surface area (Å²) in [5, 5.41) is 6.48. The normalized spacial score (nSPS) is 10.3. The standard InChI is InChI=1S/C12H23N5/c1-3-4-5-7-14-11-9-12(15-8-6-13)17-10(2)16-11/h9H,3-8,13H2,1-2H3,(H2,14,15,16,17). The highest BCUT2D eigenvalue weighted by atomic mass is 15.1. The van der Waals surface area contributed by atoms with Crippen LogP contribution in [0.25, 0.3) is 0 Å². The number of nitrogens with one attached hydrogen (secondary N) is 2. The van der Waals surface area contributed by atoms with Crippen LogP contribution in [-0.2, 0) is 0 Å². The van der Waals surface area contributed by atoms with Crippen LogP contribution in [0, 0.1) is 6.92 Å². The van der Waals surface area contributed by atoms with E-state index in [9.17, 15) is 0 Å². The van der Waals surface area contributed by atoms with Gasteiger partial charge in [-0.15, -0.1) is 0 Å². The van der Waals surface area contributed by atoms with Gasteiger partial charge in [-0.2, -0.15) is 0 Å². The molecular weight excluding hydrogens is 214 g/mol. The van der Waals surface area contributed by atoms with Gasteiger partial charge in [0, 0.05) is 25.7 Å². The topological polar surface area (TPSA) is 75.9 Å². The highest BCUT2D eigenvalue weighted by Gasteiger charge is 2.00. The minimum absolute atomic E-state index is 0.600. The Kier molecular flexibility index (Phi) is 6.32. The molecule has 5 heteroatoms. The minimum atomic E-state index is 0.600. The van der Waals surface area contributed by atoms with Crippen molar-refractivity contribution in [3.8, 4) is 0 Å². The Morgan fingerprint density at radius 3 is 2.35 bits per heavy atom. The molecule has 0 saturated carbocycles. The Morgan fingerprint density at radius 2 is 1.76 bits per heavy atom. The summed E-state index contributed by atoms with van der Waals surface area (Å²) >= 11 is 0. The number of aromatic nitrogens is 2. The molecule has 0 aliphatic rings. The summed E-state index contributed by atoms with van der Waals surface area (Å²) in [4.78, 5) is 8.64. The van der Waals surface area contributed by atoms with Crippen LogP contribution in [0.4, 0.5) is 11.6 Å². The Morgan fingerprint density at radius 1 is 1.12 bits per heavy atom. The number of nitrogens with two attached hydrogens (primary N) is 1. The first-order valence-electron chi connectivity index (χ1n) is 6.29. The molecule has 4 N–H and O–H groups in total. The molecule has 0 aliphatic carbocycles. The van der Waals surface area contributed by atoms with E-state index in [1.54, 1.807) is 0 Å². The van der Waals surface area contributed by atoms with Crippen LogP contribution < -0.4 is 16.4 Å². The number of anilines is 2. The highest BCUT2D eigenvalue weighted by molar-refractivity contribution is 5.47. The van der Waals surface area contributed by atoms with E-state index in [0.29, 0.717) is 6.54 Å². The Bertz CT molecular complexity index is 327. The molecule has 0 bridgehead atoms. The molecule has 0 amide bonds. The van der Waals surface area contributed by atoms with Crippen LogP contribution >= 0.6 is 0 Å². The number of aryl methyl sites for hydroxylation is 1. The Hall–Kier alpha value is -1.36. The zero-order valence-corrected chi connectivity index (χ0v) is 10.8. The van der Waals surface area contributed by atoms with E-state index in [1.807, 2.05) is 13.0 Å². The lowest BCUT2D eigenvalue weighted by Crippen LogP contribution is -2.15. The van der Waals surface area contributed by atoms with Gasteiger partial charge in [0.05, 0.1) is 0 Å². The van der Waals surface area contributed by atoms with Crippen LogP contribution in [0.2, 0.25) is 0 Å². The highest BCUT2D eigenvalue weighted by Crippen LogP contribution is 2.10. The lowest BCUT2D eigenvalue weighted by atomic mass is 10.2. The van der Waals surface area contributed by atoms with Crippen molar-refractivity contribution in [2.45, 2.75) is 33.1 Å². The fourth-order valence-corrected chi connectivity index (χ4v) is 1.54. The number of hydrogen-bond donors (Lipinski definition) is 3. The maximum Gasteiger partial charge on any atom is 0.131 e. The van der Waals surface area contributed by atoms with Crippen molar-refractivity contribution in [3.63, 3.8) is 0 Å². The number of rotatable bonds is 8. The lowest BCUT2D eigenvalue weighted by Gasteiger charge is -2.09. The molecule has 0 unspecified atom stereocenters. The van der Waals surface area contributed by atoms with Crippen molar-refractivity contribution in [2.75, 3.05) is 30.3 Å². The average Bonchev–Trinajstić information content (AvgIpc) is 2.31. The zero-order valence-electron chi connectivity index (χ0n) is 10.8. The van der Waals surface area contributed by atoms with Gasteiger partial charge in [-0.1, -0.05) is 19.8 Å². The molecule has 0 spiro atoms. The first kappa shape index (κ1) is 13.7. The molecule has 1 rings (SSSR count). The third-order valence-corrected chi connectivity index (χ3v) is 2.37.